The zero-order chi connectivity index (χ0) is 15.7. The lowest BCUT2D eigenvalue weighted by Crippen LogP contribution is -2.03. The molecule has 7 heteroatoms. The third-order valence-electron chi connectivity index (χ3n) is 2.99. The average molecular weight is 324 g/mol. The summed E-state index contributed by atoms with van der Waals surface area (Å²) in [5, 5.41) is 0. The first-order valence-electron chi connectivity index (χ1n) is 6.55. The van der Waals surface area contributed by atoms with Gasteiger partial charge in [-0.3, -0.25) is 0 Å². The molecule has 0 fully saturated rings. The number of alkyl halides is 3. The normalized spacial score (nSPS) is 12.0. The number of halogens is 3. The molecule has 0 unspecified atom stereocenters. The molecule has 0 N–H and O–H groups in total. The van der Waals surface area contributed by atoms with Crippen LogP contribution >= 0.6 is 11.8 Å². The summed E-state index contributed by atoms with van der Waals surface area (Å²) in [7, 11) is 0. The number of benzene rings is 1. The Labute approximate surface area is 128 Å². The van der Waals surface area contributed by atoms with Crippen LogP contribution in [0.15, 0.2) is 45.8 Å². The van der Waals surface area contributed by atoms with Crippen LogP contribution in [0.25, 0.3) is 22.7 Å². The van der Waals surface area contributed by atoms with E-state index in [1.54, 1.807) is 24.0 Å². The number of oxazole rings is 1. The molecule has 0 aliphatic heterocycles. The first-order chi connectivity index (χ1) is 10.5. The van der Waals surface area contributed by atoms with Gasteiger partial charge in [-0.05, 0) is 36.1 Å². The van der Waals surface area contributed by atoms with Crippen molar-refractivity contribution in [3.8, 4) is 11.6 Å². The number of rotatable bonds is 3. The molecule has 0 aliphatic carbocycles. The van der Waals surface area contributed by atoms with Gasteiger partial charge in [-0.15, -0.1) is 11.8 Å². The first kappa shape index (κ1) is 14.9. The van der Waals surface area contributed by atoms with Crippen LogP contribution in [0.5, 0.6) is 0 Å². The highest BCUT2D eigenvalue weighted by Gasteiger charge is 2.31. The standard InChI is InChI=1S/C15H11F3N2OS/c1-2-22-12-4-3-7-19-13(12)14-20-10-8-9(15(16,17)18)5-6-11(10)21-14/h3-8H,2H2,1H3. The third-order valence-corrected chi connectivity index (χ3v) is 3.92. The fraction of sp³-hybridized carbons (Fsp3) is 0.200. The molecule has 3 aromatic rings. The van der Waals surface area contributed by atoms with Gasteiger partial charge in [0.25, 0.3) is 0 Å². The van der Waals surface area contributed by atoms with E-state index in [2.05, 4.69) is 9.97 Å². The Balaban J connectivity index is 2.09. The fourth-order valence-electron chi connectivity index (χ4n) is 2.03. The van der Waals surface area contributed by atoms with Gasteiger partial charge in [0.15, 0.2) is 5.58 Å². The van der Waals surface area contributed by atoms with E-state index in [0.29, 0.717) is 11.3 Å². The topological polar surface area (TPSA) is 38.9 Å². The Hall–Kier alpha value is -2.02. The summed E-state index contributed by atoms with van der Waals surface area (Å²) in [6.45, 7) is 2.00. The number of thioether (sulfide) groups is 1. The minimum Gasteiger partial charge on any atom is -0.435 e. The maximum atomic E-state index is 12.7. The summed E-state index contributed by atoms with van der Waals surface area (Å²) in [5.41, 5.74) is 0.271. The van der Waals surface area contributed by atoms with Crippen molar-refractivity contribution in [1.29, 1.82) is 0 Å². The van der Waals surface area contributed by atoms with Crippen LogP contribution in [0.4, 0.5) is 13.2 Å². The lowest BCUT2D eigenvalue weighted by Gasteiger charge is -2.04. The van der Waals surface area contributed by atoms with E-state index in [4.69, 9.17) is 4.42 Å². The molecule has 3 nitrogen and oxygen atoms in total. The van der Waals surface area contributed by atoms with Crippen molar-refractivity contribution in [3.63, 3.8) is 0 Å². The third kappa shape index (κ3) is 2.81. The maximum Gasteiger partial charge on any atom is 0.416 e. The Morgan fingerprint density at radius 2 is 2.05 bits per heavy atom. The molecule has 1 aromatic carbocycles. The van der Waals surface area contributed by atoms with Gasteiger partial charge >= 0.3 is 6.18 Å². The van der Waals surface area contributed by atoms with Gasteiger partial charge in [0.05, 0.1) is 5.56 Å². The summed E-state index contributed by atoms with van der Waals surface area (Å²) in [6, 6.07) is 6.93. The number of aromatic nitrogens is 2. The van der Waals surface area contributed by atoms with E-state index >= 15 is 0 Å². The highest BCUT2D eigenvalue weighted by Crippen LogP contribution is 2.34. The minimum absolute atomic E-state index is 0.169. The van der Waals surface area contributed by atoms with Crippen LogP contribution in [-0.4, -0.2) is 15.7 Å². The molecular formula is C15H11F3N2OS. The van der Waals surface area contributed by atoms with Crippen LogP contribution in [-0.2, 0) is 6.18 Å². The molecule has 0 aliphatic rings. The number of pyridine rings is 1. The molecule has 0 spiro atoms. The van der Waals surface area contributed by atoms with Crippen LogP contribution in [0.3, 0.4) is 0 Å². The average Bonchev–Trinajstić information content (AvgIpc) is 2.90. The van der Waals surface area contributed by atoms with Gasteiger partial charge in [-0.1, -0.05) is 6.92 Å². The summed E-state index contributed by atoms with van der Waals surface area (Å²) in [5.74, 6) is 1.07. The smallest absolute Gasteiger partial charge is 0.416 e. The molecule has 0 bridgehead atoms. The van der Waals surface area contributed by atoms with E-state index < -0.39 is 11.7 Å². The Morgan fingerprint density at radius 1 is 1.23 bits per heavy atom. The second-order valence-corrected chi connectivity index (χ2v) is 5.79. The zero-order valence-electron chi connectivity index (χ0n) is 11.5. The summed E-state index contributed by atoms with van der Waals surface area (Å²) in [6.07, 6.45) is -2.80. The highest BCUT2D eigenvalue weighted by atomic mass is 32.2. The molecule has 0 radical (unpaired) electrons. The van der Waals surface area contributed by atoms with Gasteiger partial charge in [0.1, 0.15) is 11.2 Å². The van der Waals surface area contributed by atoms with Crippen molar-refractivity contribution < 1.29 is 17.6 Å². The summed E-state index contributed by atoms with van der Waals surface area (Å²) in [4.78, 5) is 9.27. The van der Waals surface area contributed by atoms with E-state index in [9.17, 15) is 13.2 Å². The van der Waals surface area contributed by atoms with Crippen LogP contribution in [0.2, 0.25) is 0 Å². The van der Waals surface area contributed by atoms with E-state index in [1.807, 2.05) is 13.0 Å². The zero-order valence-corrected chi connectivity index (χ0v) is 12.3. The van der Waals surface area contributed by atoms with Crippen molar-refractivity contribution in [2.45, 2.75) is 18.0 Å². The molecule has 22 heavy (non-hydrogen) atoms. The molecule has 0 atom stereocenters. The fourth-order valence-corrected chi connectivity index (χ4v) is 2.79. The van der Waals surface area contributed by atoms with Gasteiger partial charge < -0.3 is 4.42 Å². The highest BCUT2D eigenvalue weighted by molar-refractivity contribution is 7.99. The van der Waals surface area contributed by atoms with Crippen molar-refractivity contribution in [1.82, 2.24) is 9.97 Å². The van der Waals surface area contributed by atoms with Gasteiger partial charge in [-0.2, -0.15) is 13.2 Å². The van der Waals surface area contributed by atoms with Gasteiger partial charge in [0.2, 0.25) is 5.89 Å². The maximum absolute atomic E-state index is 12.7. The molecule has 0 saturated carbocycles. The molecule has 2 heterocycles. The Morgan fingerprint density at radius 3 is 2.77 bits per heavy atom. The Kier molecular flexibility index (Phi) is 3.82. The SMILES string of the molecule is CCSc1cccnc1-c1nc2cc(C(F)(F)F)ccc2o1. The van der Waals surface area contributed by atoms with E-state index in [0.717, 1.165) is 22.8 Å². The number of hydrogen-bond donors (Lipinski definition) is 0. The molecule has 114 valence electrons. The largest absolute Gasteiger partial charge is 0.435 e. The minimum atomic E-state index is -4.40. The van der Waals surface area contributed by atoms with Crippen molar-refractivity contribution in [3.05, 3.63) is 42.1 Å². The number of nitrogens with zero attached hydrogens (tertiary/aromatic N) is 2. The van der Waals surface area contributed by atoms with Crippen molar-refractivity contribution in [2.75, 3.05) is 5.75 Å². The predicted molar refractivity (Wildman–Crippen MR) is 78.6 cm³/mol. The van der Waals surface area contributed by atoms with Crippen molar-refractivity contribution >= 4 is 22.9 Å². The van der Waals surface area contributed by atoms with E-state index in [-0.39, 0.29) is 11.4 Å². The quantitative estimate of drug-likeness (QED) is 0.634. The Bertz CT molecular complexity index is 814. The summed E-state index contributed by atoms with van der Waals surface area (Å²) < 4.78 is 43.8. The van der Waals surface area contributed by atoms with Crippen LogP contribution in [0.1, 0.15) is 12.5 Å². The molecule has 3 rings (SSSR count). The second kappa shape index (κ2) is 5.64. The molecule has 0 saturated heterocycles. The first-order valence-corrected chi connectivity index (χ1v) is 7.53. The molecule has 2 aromatic heterocycles. The number of hydrogen-bond acceptors (Lipinski definition) is 4. The summed E-state index contributed by atoms with van der Waals surface area (Å²) >= 11 is 1.57. The number of fused-ring (bicyclic) bond motifs is 1. The van der Waals surface area contributed by atoms with Crippen LogP contribution in [0, 0.1) is 0 Å². The van der Waals surface area contributed by atoms with Gasteiger partial charge in [-0.25, -0.2) is 9.97 Å². The predicted octanol–water partition coefficient (Wildman–Crippen LogP) is 5.02. The van der Waals surface area contributed by atoms with Crippen LogP contribution < -0.4 is 0 Å². The lowest BCUT2D eigenvalue weighted by atomic mass is 10.2. The second-order valence-electron chi connectivity index (χ2n) is 4.48. The molecular weight excluding hydrogens is 313 g/mol. The van der Waals surface area contributed by atoms with Gasteiger partial charge in [0, 0.05) is 11.1 Å². The van der Waals surface area contributed by atoms with E-state index in [1.165, 1.54) is 6.07 Å². The van der Waals surface area contributed by atoms with Crippen molar-refractivity contribution in [2.24, 2.45) is 0 Å². The monoisotopic (exact) mass is 324 g/mol. The lowest BCUT2D eigenvalue weighted by molar-refractivity contribution is -0.137. The molecule has 0 amide bonds.